The molecule has 0 aromatic heterocycles. The van der Waals surface area contributed by atoms with E-state index in [1.165, 1.54) is 0 Å². The van der Waals surface area contributed by atoms with Gasteiger partial charge in [0.05, 0.1) is 5.97 Å². The van der Waals surface area contributed by atoms with Crippen LogP contribution in [0.3, 0.4) is 0 Å². The highest BCUT2D eigenvalue weighted by Gasteiger charge is 2.20. The van der Waals surface area contributed by atoms with Crippen LogP contribution < -0.4 is 5.11 Å². The standard InChI is InChI=1S/C11H10O2/c1-7-6-10(11(12)13)9-5-3-2-4-8(7)9/h2-6,10H,1H3,(H,12,13)/p-1/t10-/m1/s1. The summed E-state index contributed by atoms with van der Waals surface area (Å²) >= 11 is 0. The topological polar surface area (TPSA) is 40.1 Å². The molecule has 1 aromatic rings. The molecule has 0 radical (unpaired) electrons. The van der Waals surface area contributed by atoms with E-state index in [-0.39, 0.29) is 0 Å². The summed E-state index contributed by atoms with van der Waals surface area (Å²) in [5.41, 5.74) is 2.89. The lowest BCUT2D eigenvalue weighted by Gasteiger charge is -2.10. The molecule has 2 heteroatoms. The number of hydrogen-bond acceptors (Lipinski definition) is 2. The Morgan fingerprint density at radius 1 is 1.38 bits per heavy atom. The number of hydrogen-bond donors (Lipinski definition) is 0. The van der Waals surface area contributed by atoms with Gasteiger partial charge in [-0.3, -0.25) is 0 Å². The molecule has 0 fully saturated rings. The third-order valence-corrected chi connectivity index (χ3v) is 2.39. The summed E-state index contributed by atoms with van der Waals surface area (Å²) in [5.74, 6) is -1.58. The van der Waals surface area contributed by atoms with Crippen LogP contribution in [0.4, 0.5) is 0 Å². The second kappa shape index (κ2) is 2.73. The Bertz CT molecular complexity index is 391. The summed E-state index contributed by atoms with van der Waals surface area (Å²) in [6, 6.07) is 7.53. The number of rotatable bonds is 1. The predicted octanol–water partition coefficient (Wildman–Crippen LogP) is 0.937. The molecule has 1 aromatic carbocycles. The molecule has 13 heavy (non-hydrogen) atoms. The molecule has 0 unspecified atom stereocenters. The Morgan fingerprint density at radius 3 is 2.77 bits per heavy atom. The van der Waals surface area contributed by atoms with Gasteiger partial charge in [0.1, 0.15) is 0 Å². The van der Waals surface area contributed by atoms with E-state index in [9.17, 15) is 9.90 Å². The van der Waals surface area contributed by atoms with Crippen molar-refractivity contribution in [1.29, 1.82) is 0 Å². The Labute approximate surface area is 76.5 Å². The second-order valence-corrected chi connectivity index (χ2v) is 3.23. The highest BCUT2D eigenvalue weighted by atomic mass is 16.4. The molecule has 0 aliphatic heterocycles. The van der Waals surface area contributed by atoms with E-state index in [2.05, 4.69) is 0 Å². The van der Waals surface area contributed by atoms with Crippen molar-refractivity contribution in [3.8, 4) is 0 Å². The van der Waals surface area contributed by atoms with Crippen molar-refractivity contribution >= 4 is 11.5 Å². The van der Waals surface area contributed by atoms with Crippen LogP contribution in [0, 0.1) is 0 Å². The van der Waals surface area contributed by atoms with Crippen molar-refractivity contribution in [2.45, 2.75) is 12.8 Å². The number of benzene rings is 1. The lowest BCUT2D eigenvalue weighted by atomic mass is 10.0. The zero-order valence-electron chi connectivity index (χ0n) is 7.28. The summed E-state index contributed by atoms with van der Waals surface area (Å²) < 4.78 is 0. The van der Waals surface area contributed by atoms with Crippen molar-refractivity contribution in [2.24, 2.45) is 0 Å². The van der Waals surface area contributed by atoms with Crippen LogP contribution in [-0.4, -0.2) is 5.97 Å². The third kappa shape index (κ3) is 1.15. The maximum atomic E-state index is 10.8. The predicted molar refractivity (Wildman–Crippen MR) is 47.8 cm³/mol. The van der Waals surface area contributed by atoms with Crippen LogP contribution in [-0.2, 0) is 4.79 Å². The minimum atomic E-state index is -1.02. The molecule has 0 heterocycles. The van der Waals surface area contributed by atoms with Crippen molar-refractivity contribution < 1.29 is 9.90 Å². The van der Waals surface area contributed by atoms with E-state index in [1.807, 2.05) is 31.2 Å². The van der Waals surface area contributed by atoms with Gasteiger partial charge in [-0.15, -0.1) is 0 Å². The van der Waals surface area contributed by atoms with E-state index in [1.54, 1.807) is 6.08 Å². The molecule has 1 aliphatic rings. The van der Waals surface area contributed by atoms with E-state index >= 15 is 0 Å². The van der Waals surface area contributed by atoms with Gasteiger partial charge in [0.25, 0.3) is 0 Å². The number of carboxylic acid groups (broad SMARTS) is 1. The third-order valence-electron chi connectivity index (χ3n) is 2.39. The second-order valence-electron chi connectivity index (χ2n) is 3.23. The molecule has 1 aliphatic carbocycles. The minimum Gasteiger partial charge on any atom is -0.549 e. The average molecular weight is 173 g/mol. The molecule has 0 spiro atoms. The fourth-order valence-electron chi connectivity index (χ4n) is 1.75. The quantitative estimate of drug-likeness (QED) is 0.634. The summed E-state index contributed by atoms with van der Waals surface area (Å²) in [5, 5.41) is 10.8. The van der Waals surface area contributed by atoms with Gasteiger partial charge < -0.3 is 9.90 Å². The van der Waals surface area contributed by atoms with E-state index in [0.717, 1.165) is 16.7 Å². The van der Waals surface area contributed by atoms with Crippen molar-refractivity contribution in [3.05, 3.63) is 41.5 Å². The van der Waals surface area contributed by atoms with Gasteiger partial charge in [-0.25, -0.2) is 0 Å². The molecule has 0 saturated carbocycles. The van der Waals surface area contributed by atoms with Gasteiger partial charge in [0, 0.05) is 5.92 Å². The largest absolute Gasteiger partial charge is 0.549 e. The van der Waals surface area contributed by atoms with Gasteiger partial charge in [-0.05, 0) is 23.6 Å². The summed E-state index contributed by atoms with van der Waals surface area (Å²) in [4.78, 5) is 10.8. The number of allylic oxidation sites excluding steroid dienone is 1. The molecule has 1 atom stereocenters. The highest BCUT2D eigenvalue weighted by Crippen LogP contribution is 2.34. The molecule has 0 N–H and O–H groups in total. The summed E-state index contributed by atoms with van der Waals surface area (Å²) in [7, 11) is 0. The smallest absolute Gasteiger partial charge is 0.0527 e. The molecule has 0 bridgehead atoms. The first-order valence-corrected chi connectivity index (χ1v) is 4.18. The fourth-order valence-corrected chi connectivity index (χ4v) is 1.75. The van der Waals surface area contributed by atoms with Crippen molar-refractivity contribution in [1.82, 2.24) is 0 Å². The van der Waals surface area contributed by atoms with Crippen LogP contribution in [0.25, 0.3) is 5.57 Å². The molecule has 66 valence electrons. The normalized spacial score (nSPS) is 19.5. The van der Waals surface area contributed by atoms with Crippen molar-refractivity contribution in [3.63, 3.8) is 0 Å². The monoisotopic (exact) mass is 173 g/mol. The molecular weight excluding hydrogens is 164 g/mol. The highest BCUT2D eigenvalue weighted by molar-refractivity contribution is 5.87. The van der Waals surface area contributed by atoms with Gasteiger partial charge in [-0.1, -0.05) is 30.3 Å². The Kier molecular flexibility index (Phi) is 1.69. The van der Waals surface area contributed by atoms with Gasteiger partial charge in [0.2, 0.25) is 0 Å². The first kappa shape index (κ1) is 8.05. The van der Waals surface area contributed by atoms with E-state index in [0.29, 0.717) is 0 Å². The van der Waals surface area contributed by atoms with Crippen LogP contribution in [0.5, 0.6) is 0 Å². The molecular formula is C11H9O2-. The lowest BCUT2D eigenvalue weighted by Crippen LogP contribution is -2.27. The van der Waals surface area contributed by atoms with Gasteiger partial charge in [-0.2, -0.15) is 0 Å². The Morgan fingerprint density at radius 2 is 2.08 bits per heavy atom. The minimum absolute atomic E-state index is 0.559. The number of aliphatic carboxylic acids is 1. The van der Waals surface area contributed by atoms with Crippen LogP contribution >= 0.6 is 0 Å². The fraction of sp³-hybridized carbons (Fsp3) is 0.182. The summed E-state index contributed by atoms with van der Waals surface area (Å²) in [6.45, 7) is 1.92. The first-order chi connectivity index (χ1) is 6.20. The van der Waals surface area contributed by atoms with Crippen molar-refractivity contribution in [2.75, 3.05) is 0 Å². The molecule has 2 rings (SSSR count). The first-order valence-electron chi connectivity index (χ1n) is 4.18. The van der Waals surface area contributed by atoms with Gasteiger partial charge >= 0.3 is 0 Å². The van der Waals surface area contributed by atoms with Crippen LogP contribution in [0.15, 0.2) is 30.3 Å². The number of carboxylic acids is 1. The maximum absolute atomic E-state index is 10.8. The molecule has 0 saturated heterocycles. The number of fused-ring (bicyclic) bond motifs is 1. The maximum Gasteiger partial charge on any atom is 0.0527 e. The van der Waals surface area contributed by atoms with E-state index < -0.39 is 11.9 Å². The number of carbonyl (C=O) groups is 1. The number of carbonyl (C=O) groups excluding carboxylic acids is 1. The zero-order valence-corrected chi connectivity index (χ0v) is 7.28. The van der Waals surface area contributed by atoms with Gasteiger partial charge in [0.15, 0.2) is 0 Å². The Balaban J connectivity index is 2.56. The SMILES string of the molecule is CC1=C[C@@H](C(=O)[O-])c2ccccc21. The molecule has 2 nitrogen and oxygen atoms in total. The zero-order chi connectivity index (χ0) is 9.42. The summed E-state index contributed by atoms with van der Waals surface area (Å²) in [6.07, 6.45) is 1.74. The molecule has 0 amide bonds. The average Bonchev–Trinajstić information content (AvgIpc) is 2.45. The Hall–Kier alpha value is -1.57. The van der Waals surface area contributed by atoms with E-state index in [4.69, 9.17) is 0 Å². The lowest BCUT2D eigenvalue weighted by molar-refractivity contribution is -0.306. The van der Waals surface area contributed by atoms with Crippen LogP contribution in [0.1, 0.15) is 24.0 Å². The van der Waals surface area contributed by atoms with Crippen LogP contribution in [0.2, 0.25) is 0 Å².